The van der Waals surface area contributed by atoms with Crippen LogP contribution in [-0.4, -0.2) is 19.0 Å². The summed E-state index contributed by atoms with van der Waals surface area (Å²) in [7, 11) is 0. The van der Waals surface area contributed by atoms with Gasteiger partial charge in [-0.25, -0.2) is 0 Å². The van der Waals surface area contributed by atoms with Gasteiger partial charge in [-0.05, 0) is 31.5 Å². The Bertz CT molecular complexity index is 361. The molecule has 1 aromatic rings. The number of hydrogen-bond acceptors (Lipinski definition) is 2. The molecule has 0 saturated heterocycles. The maximum Gasteiger partial charge on any atom is 0.234 e. The predicted octanol–water partition coefficient (Wildman–Crippen LogP) is 1.53. The largest absolute Gasteiger partial charge is 0.351 e. The van der Waals surface area contributed by atoms with Crippen molar-refractivity contribution in [2.24, 2.45) is 0 Å². The number of rotatable bonds is 5. The summed E-state index contributed by atoms with van der Waals surface area (Å²) in [5.41, 5.74) is 3.63. The van der Waals surface area contributed by atoms with Gasteiger partial charge < -0.3 is 10.6 Å². The van der Waals surface area contributed by atoms with E-state index in [0.717, 1.165) is 6.54 Å². The second-order valence-corrected chi connectivity index (χ2v) is 3.99. The van der Waals surface area contributed by atoms with Crippen molar-refractivity contribution >= 4 is 5.91 Å². The van der Waals surface area contributed by atoms with Crippen LogP contribution in [0.5, 0.6) is 0 Å². The second-order valence-electron chi connectivity index (χ2n) is 3.99. The fourth-order valence-corrected chi connectivity index (χ4v) is 1.49. The molecule has 0 aromatic heterocycles. The molecule has 88 valence electrons. The van der Waals surface area contributed by atoms with Crippen molar-refractivity contribution in [3.8, 4) is 0 Å². The highest BCUT2D eigenvalue weighted by atomic mass is 16.1. The Balaban J connectivity index is 2.47. The van der Waals surface area contributed by atoms with Crippen LogP contribution in [0.4, 0.5) is 0 Å². The number of amides is 1. The highest BCUT2D eigenvalue weighted by Crippen LogP contribution is 2.09. The molecule has 0 bridgehead atoms. The maximum atomic E-state index is 11.4. The minimum atomic E-state index is 0.0442. The van der Waals surface area contributed by atoms with E-state index in [-0.39, 0.29) is 5.91 Å². The third kappa shape index (κ3) is 4.03. The predicted molar refractivity (Wildman–Crippen MR) is 66.3 cm³/mol. The van der Waals surface area contributed by atoms with E-state index in [1.54, 1.807) is 0 Å². The molecule has 1 rings (SSSR count). The Morgan fingerprint density at radius 2 is 2.06 bits per heavy atom. The lowest BCUT2D eigenvalue weighted by atomic mass is 10.1. The van der Waals surface area contributed by atoms with E-state index >= 15 is 0 Å². The van der Waals surface area contributed by atoms with Crippen LogP contribution < -0.4 is 10.6 Å². The first-order valence-electron chi connectivity index (χ1n) is 5.67. The summed E-state index contributed by atoms with van der Waals surface area (Å²) in [6.45, 7) is 7.92. The Morgan fingerprint density at radius 3 is 2.75 bits per heavy atom. The summed E-state index contributed by atoms with van der Waals surface area (Å²) in [4.78, 5) is 11.4. The van der Waals surface area contributed by atoms with Crippen LogP contribution in [0.1, 0.15) is 23.6 Å². The molecular weight excluding hydrogens is 200 g/mol. The zero-order valence-electron chi connectivity index (χ0n) is 10.3. The van der Waals surface area contributed by atoms with Crippen LogP contribution in [-0.2, 0) is 11.3 Å². The highest BCUT2D eigenvalue weighted by molar-refractivity contribution is 5.77. The van der Waals surface area contributed by atoms with E-state index < -0.39 is 0 Å². The van der Waals surface area contributed by atoms with E-state index in [2.05, 4.69) is 42.7 Å². The third-order valence-electron chi connectivity index (χ3n) is 2.52. The number of likely N-dealkylation sites (N-methyl/N-ethyl adjacent to an activating group) is 1. The van der Waals surface area contributed by atoms with Gasteiger partial charge in [-0.15, -0.1) is 0 Å². The lowest BCUT2D eigenvalue weighted by Gasteiger charge is -2.09. The first kappa shape index (κ1) is 12.7. The Labute approximate surface area is 97.2 Å². The maximum absolute atomic E-state index is 11.4. The van der Waals surface area contributed by atoms with Crippen LogP contribution in [0.3, 0.4) is 0 Å². The van der Waals surface area contributed by atoms with E-state index in [1.807, 2.05) is 6.92 Å². The van der Waals surface area contributed by atoms with Gasteiger partial charge in [-0.2, -0.15) is 0 Å². The topological polar surface area (TPSA) is 41.1 Å². The standard InChI is InChI=1S/C13H20N2O/c1-4-14-9-13(16)15-8-12-7-10(2)5-6-11(12)3/h5-7,14H,4,8-9H2,1-3H3,(H,15,16). The van der Waals surface area contributed by atoms with Crippen LogP contribution in [0.25, 0.3) is 0 Å². The molecule has 0 fully saturated rings. The van der Waals surface area contributed by atoms with Crippen molar-refractivity contribution in [1.29, 1.82) is 0 Å². The smallest absolute Gasteiger partial charge is 0.234 e. The van der Waals surface area contributed by atoms with E-state index in [4.69, 9.17) is 0 Å². The third-order valence-corrected chi connectivity index (χ3v) is 2.52. The molecule has 3 heteroatoms. The molecular formula is C13H20N2O. The number of carbonyl (C=O) groups is 1. The Morgan fingerprint density at radius 1 is 1.31 bits per heavy atom. The first-order chi connectivity index (χ1) is 7.63. The van der Waals surface area contributed by atoms with Gasteiger partial charge in [-0.3, -0.25) is 4.79 Å². The van der Waals surface area contributed by atoms with E-state index in [9.17, 15) is 4.79 Å². The monoisotopic (exact) mass is 220 g/mol. The number of hydrogen-bond donors (Lipinski definition) is 2. The molecule has 0 unspecified atom stereocenters. The van der Waals surface area contributed by atoms with Gasteiger partial charge >= 0.3 is 0 Å². The Kier molecular flexibility index (Phi) is 4.99. The molecule has 0 saturated carbocycles. The molecule has 0 atom stereocenters. The minimum Gasteiger partial charge on any atom is -0.351 e. The Hall–Kier alpha value is -1.35. The molecule has 0 spiro atoms. The van der Waals surface area contributed by atoms with Gasteiger partial charge in [0.2, 0.25) is 5.91 Å². The van der Waals surface area contributed by atoms with Crippen molar-refractivity contribution in [1.82, 2.24) is 10.6 Å². The van der Waals surface area contributed by atoms with Crippen molar-refractivity contribution in [3.05, 3.63) is 34.9 Å². The van der Waals surface area contributed by atoms with Crippen molar-refractivity contribution in [2.75, 3.05) is 13.1 Å². The second kappa shape index (κ2) is 6.28. The zero-order valence-corrected chi connectivity index (χ0v) is 10.3. The van der Waals surface area contributed by atoms with Gasteiger partial charge in [0, 0.05) is 6.54 Å². The summed E-state index contributed by atoms with van der Waals surface area (Å²) >= 11 is 0. The van der Waals surface area contributed by atoms with E-state index in [1.165, 1.54) is 16.7 Å². The van der Waals surface area contributed by atoms with Crippen molar-refractivity contribution < 1.29 is 4.79 Å². The molecule has 1 aromatic carbocycles. The van der Waals surface area contributed by atoms with Crippen LogP contribution in [0, 0.1) is 13.8 Å². The molecule has 2 N–H and O–H groups in total. The number of aryl methyl sites for hydroxylation is 2. The SMILES string of the molecule is CCNCC(=O)NCc1cc(C)ccc1C. The summed E-state index contributed by atoms with van der Waals surface area (Å²) in [5, 5.41) is 5.90. The van der Waals surface area contributed by atoms with Gasteiger partial charge in [-0.1, -0.05) is 30.7 Å². The summed E-state index contributed by atoms with van der Waals surface area (Å²) in [6.07, 6.45) is 0. The summed E-state index contributed by atoms with van der Waals surface area (Å²) in [6, 6.07) is 6.28. The molecule has 3 nitrogen and oxygen atoms in total. The van der Waals surface area contributed by atoms with Crippen molar-refractivity contribution in [2.45, 2.75) is 27.3 Å². The van der Waals surface area contributed by atoms with Gasteiger partial charge in [0.25, 0.3) is 0 Å². The molecule has 0 aliphatic heterocycles. The van der Waals surface area contributed by atoms with Crippen molar-refractivity contribution in [3.63, 3.8) is 0 Å². The average molecular weight is 220 g/mol. The van der Waals surface area contributed by atoms with Gasteiger partial charge in [0.1, 0.15) is 0 Å². The molecule has 0 heterocycles. The number of carbonyl (C=O) groups excluding carboxylic acids is 1. The van der Waals surface area contributed by atoms with Crippen LogP contribution in [0.2, 0.25) is 0 Å². The molecule has 1 amide bonds. The quantitative estimate of drug-likeness (QED) is 0.790. The zero-order chi connectivity index (χ0) is 12.0. The fourth-order valence-electron chi connectivity index (χ4n) is 1.49. The lowest BCUT2D eigenvalue weighted by Crippen LogP contribution is -2.33. The molecule has 0 radical (unpaired) electrons. The highest BCUT2D eigenvalue weighted by Gasteiger charge is 2.02. The summed E-state index contributed by atoms with van der Waals surface area (Å²) < 4.78 is 0. The lowest BCUT2D eigenvalue weighted by molar-refractivity contribution is -0.120. The van der Waals surface area contributed by atoms with Crippen LogP contribution >= 0.6 is 0 Å². The number of nitrogens with one attached hydrogen (secondary N) is 2. The molecule has 0 aliphatic rings. The normalized spacial score (nSPS) is 10.2. The molecule has 0 aliphatic carbocycles. The summed E-state index contributed by atoms with van der Waals surface area (Å²) in [5.74, 6) is 0.0442. The van der Waals surface area contributed by atoms with Gasteiger partial charge in [0.05, 0.1) is 6.54 Å². The van der Waals surface area contributed by atoms with Gasteiger partial charge in [0.15, 0.2) is 0 Å². The number of benzene rings is 1. The first-order valence-corrected chi connectivity index (χ1v) is 5.67. The van der Waals surface area contributed by atoms with E-state index in [0.29, 0.717) is 13.1 Å². The minimum absolute atomic E-state index is 0.0442. The molecule has 16 heavy (non-hydrogen) atoms. The average Bonchev–Trinajstić information content (AvgIpc) is 2.27. The fraction of sp³-hybridized carbons (Fsp3) is 0.462. The van der Waals surface area contributed by atoms with Crippen LogP contribution in [0.15, 0.2) is 18.2 Å².